The fourth-order valence-electron chi connectivity index (χ4n) is 7.77. The van der Waals surface area contributed by atoms with Crippen molar-refractivity contribution < 1.29 is 0 Å². The van der Waals surface area contributed by atoms with Crippen LogP contribution in [0, 0.1) is 0 Å². The average Bonchev–Trinajstić information content (AvgIpc) is 3.58. The van der Waals surface area contributed by atoms with Crippen LogP contribution in [0.15, 0.2) is 146 Å². The van der Waals surface area contributed by atoms with Gasteiger partial charge < -0.3 is 0 Å². The Kier molecular flexibility index (Phi) is 5.51. The van der Waals surface area contributed by atoms with Gasteiger partial charge in [-0.3, -0.25) is 0 Å². The van der Waals surface area contributed by atoms with Crippen molar-refractivity contribution in [3.8, 4) is 43.8 Å². The number of benzene rings is 7. The second-order valence-electron chi connectivity index (χ2n) is 12.4. The smallest absolute Gasteiger partial charge is 0.0431 e. The Labute approximate surface area is 261 Å². The van der Waals surface area contributed by atoms with E-state index in [1.807, 2.05) is 11.3 Å². The summed E-state index contributed by atoms with van der Waals surface area (Å²) in [5.74, 6) is 0. The Balaban J connectivity index is 1.39. The predicted octanol–water partition coefficient (Wildman–Crippen LogP) is 12.5. The molecule has 7 aromatic carbocycles. The standard InChI is InChI=1S/C43H30S/c1-43(2)37-26-13-12-23-34(37)42-40(43)36-25-14-24-35(41(36)44-42)39-32-21-10-8-19-30(32)38(31-20-9-11-22-33(31)39)29-18-7-6-17-28(29)27-15-4-3-5-16-27/h3-26H,1-2H3. The van der Waals surface area contributed by atoms with Crippen LogP contribution in [0.25, 0.3) is 75.5 Å². The topological polar surface area (TPSA) is 0 Å². The molecule has 44 heavy (non-hydrogen) atoms. The first-order valence-electron chi connectivity index (χ1n) is 15.4. The van der Waals surface area contributed by atoms with Gasteiger partial charge in [-0.05, 0) is 71.4 Å². The van der Waals surface area contributed by atoms with Crippen molar-refractivity contribution in [2.24, 2.45) is 0 Å². The number of fused-ring (bicyclic) bond motifs is 7. The van der Waals surface area contributed by atoms with Crippen LogP contribution >= 0.6 is 11.3 Å². The van der Waals surface area contributed by atoms with Crippen molar-refractivity contribution in [1.82, 2.24) is 0 Å². The maximum atomic E-state index is 2.39. The van der Waals surface area contributed by atoms with Gasteiger partial charge in [-0.25, -0.2) is 0 Å². The Hall–Kier alpha value is -4.98. The van der Waals surface area contributed by atoms with Crippen molar-refractivity contribution in [1.29, 1.82) is 0 Å². The molecule has 0 atom stereocenters. The molecule has 9 rings (SSSR count). The minimum atomic E-state index is -0.0298. The normalized spacial score (nSPS) is 13.4. The summed E-state index contributed by atoms with van der Waals surface area (Å²) in [7, 11) is 0. The van der Waals surface area contributed by atoms with Gasteiger partial charge in [0.15, 0.2) is 0 Å². The highest BCUT2D eigenvalue weighted by Gasteiger charge is 2.39. The Morgan fingerprint density at radius 2 is 0.886 bits per heavy atom. The second-order valence-corrected chi connectivity index (χ2v) is 13.4. The van der Waals surface area contributed by atoms with E-state index in [1.54, 1.807) is 0 Å². The molecule has 0 aliphatic heterocycles. The van der Waals surface area contributed by atoms with Gasteiger partial charge in [0.2, 0.25) is 0 Å². The first-order valence-corrected chi connectivity index (χ1v) is 16.2. The van der Waals surface area contributed by atoms with Crippen LogP contribution in [0.5, 0.6) is 0 Å². The third-order valence-electron chi connectivity index (χ3n) is 9.67. The molecule has 0 N–H and O–H groups in total. The van der Waals surface area contributed by atoms with Gasteiger partial charge in [-0.1, -0.05) is 159 Å². The minimum Gasteiger partial charge on any atom is -0.134 e. The first-order chi connectivity index (χ1) is 21.6. The summed E-state index contributed by atoms with van der Waals surface area (Å²) in [4.78, 5) is 1.43. The van der Waals surface area contributed by atoms with Crippen LogP contribution in [0.4, 0.5) is 0 Å². The molecule has 0 nitrogen and oxygen atoms in total. The molecule has 1 heterocycles. The van der Waals surface area contributed by atoms with E-state index in [1.165, 1.54) is 86.6 Å². The molecule has 0 amide bonds. The maximum absolute atomic E-state index is 2.39. The zero-order chi connectivity index (χ0) is 29.4. The largest absolute Gasteiger partial charge is 0.134 e. The lowest BCUT2D eigenvalue weighted by Gasteiger charge is -2.22. The summed E-state index contributed by atoms with van der Waals surface area (Å²) in [6.07, 6.45) is 0. The number of rotatable bonds is 3. The highest BCUT2D eigenvalue weighted by molar-refractivity contribution is 7.23. The van der Waals surface area contributed by atoms with Gasteiger partial charge >= 0.3 is 0 Å². The maximum Gasteiger partial charge on any atom is 0.0431 e. The molecule has 8 aromatic rings. The van der Waals surface area contributed by atoms with Gasteiger partial charge in [0.1, 0.15) is 0 Å². The summed E-state index contributed by atoms with van der Waals surface area (Å²) in [6, 6.07) is 53.7. The Morgan fingerprint density at radius 3 is 1.55 bits per heavy atom. The SMILES string of the molecule is CC1(C)c2ccccc2-c2sc3c(-c4c5ccccc5c(-c5ccccc5-c5ccccc5)c5ccccc45)cccc3c21. The molecule has 1 aliphatic carbocycles. The molecule has 1 heteroatoms. The van der Waals surface area contributed by atoms with E-state index in [4.69, 9.17) is 0 Å². The van der Waals surface area contributed by atoms with Crippen molar-refractivity contribution in [3.63, 3.8) is 0 Å². The van der Waals surface area contributed by atoms with E-state index in [-0.39, 0.29) is 5.41 Å². The predicted molar refractivity (Wildman–Crippen MR) is 191 cm³/mol. The van der Waals surface area contributed by atoms with Gasteiger partial charge in [0.25, 0.3) is 0 Å². The van der Waals surface area contributed by atoms with E-state index in [2.05, 4.69) is 159 Å². The van der Waals surface area contributed by atoms with E-state index in [0.717, 1.165) is 0 Å². The second kappa shape index (κ2) is 9.51. The van der Waals surface area contributed by atoms with Gasteiger partial charge in [-0.15, -0.1) is 11.3 Å². The zero-order valence-electron chi connectivity index (χ0n) is 24.8. The van der Waals surface area contributed by atoms with Crippen LogP contribution in [-0.2, 0) is 5.41 Å². The molecule has 0 radical (unpaired) electrons. The lowest BCUT2D eigenvalue weighted by Crippen LogP contribution is -2.14. The lowest BCUT2D eigenvalue weighted by molar-refractivity contribution is 0.667. The van der Waals surface area contributed by atoms with Gasteiger partial charge in [-0.2, -0.15) is 0 Å². The highest BCUT2D eigenvalue weighted by atomic mass is 32.1. The van der Waals surface area contributed by atoms with Crippen LogP contribution < -0.4 is 0 Å². The van der Waals surface area contributed by atoms with E-state index in [9.17, 15) is 0 Å². The third-order valence-corrected chi connectivity index (χ3v) is 10.9. The molecule has 0 unspecified atom stereocenters. The fraction of sp³-hybridized carbons (Fsp3) is 0.0698. The average molecular weight is 579 g/mol. The third kappa shape index (κ3) is 3.51. The molecule has 0 bridgehead atoms. The molecule has 0 spiro atoms. The molecular formula is C43H30S. The van der Waals surface area contributed by atoms with Crippen molar-refractivity contribution in [3.05, 3.63) is 157 Å². The summed E-state index contributed by atoms with van der Waals surface area (Å²) >= 11 is 1.97. The monoisotopic (exact) mass is 578 g/mol. The molecule has 0 fully saturated rings. The molecule has 1 aromatic heterocycles. The van der Waals surface area contributed by atoms with Crippen molar-refractivity contribution in [2.75, 3.05) is 0 Å². The van der Waals surface area contributed by atoms with Crippen molar-refractivity contribution in [2.45, 2.75) is 19.3 Å². The molecule has 208 valence electrons. The van der Waals surface area contributed by atoms with Gasteiger partial charge in [0.05, 0.1) is 0 Å². The van der Waals surface area contributed by atoms with Crippen molar-refractivity contribution >= 4 is 43.0 Å². The quantitative estimate of drug-likeness (QED) is 0.183. The molecular weight excluding hydrogens is 549 g/mol. The zero-order valence-corrected chi connectivity index (χ0v) is 25.6. The van der Waals surface area contributed by atoms with E-state index >= 15 is 0 Å². The molecule has 1 aliphatic rings. The summed E-state index contributed by atoms with van der Waals surface area (Å²) in [5, 5.41) is 6.55. The Morgan fingerprint density at radius 1 is 0.409 bits per heavy atom. The Bertz CT molecular complexity index is 2350. The highest BCUT2D eigenvalue weighted by Crippen LogP contribution is 2.57. The summed E-state index contributed by atoms with van der Waals surface area (Å²) < 4.78 is 1.38. The summed E-state index contributed by atoms with van der Waals surface area (Å²) in [5.41, 5.74) is 12.0. The lowest BCUT2D eigenvalue weighted by atomic mass is 9.80. The van der Waals surface area contributed by atoms with Crippen LogP contribution in [0.3, 0.4) is 0 Å². The van der Waals surface area contributed by atoms with E-state index < -0.39 is 0 Å². The van der Waals surface area contributed by atoms with Crippen LogP contribution in [0.2, 0.25) is 0 Å². The van der Waals surface area contributed by atoms with Gasteiger partial charge in [0, 0.05) is 20.6 Å². The van der Waals surface area contributed by atoms with Crippen LogP contribution in [0.1, 0.15) is 25.0 Å². The number of thiophene rings is 1. The summed E-state index contributed by atoms with van der Waals surface area (Å²) in [6.45, 7) is 4.78. The number of hydrogen-bond donors (Lipinski definition) is 0. The molecule has 0 saturated carbocycles. The van der Waals surface area contributed by atoms with E-state index in [0.29, 0.717) is 0 Å². The first kappa shape index (κ1) is 25.5. The minimum absolute atomic E-state index is 0.0298. The molecule has 0 saturated heterocycles. The fourth-order valence-corrected chi connectivity index (χ4v) is 9.29. The van der Waals surface area contributed by atoms with Crippen LogP contribution in [-0.4, -0.2) is 0 Å². The number of hydrogen-bond acceptors (Lipinski definition) is 1.